The van der Waals surface area contributed by atoms with Crippen LogP contribution in [0.15, 0.2) is 41.6 Å². The van der Waals surface area contributed by atoms with Crippen molar-refractivity contribution >= 4 is 22.7 Å². The molecule has 138 valence electrons. The molecule has 0 fully saturated rings. The molecule has 4 rings (SSSR count). The highest BCUT2D eigenvalue weighted by atomic mass is 16.5. The second-order valence-electron chi connectivity index (χ2n) is 7.42. The van der Waals surface area contributed by atoms with E-state index in [9.17, 15) is 4.91 Å². The SMILES string of the molecule is C/C=C1\Oc2ccc(N=O)c(OC)c2-c2ccc3c(c21)C(C)=CC(C)(C)N3. The van der Waals surface area contributed by atoms with Gasteiger partial charge in [0.1, 0.15) is 11.5 Å². The summed E-state index contributed by atoms with van der Waals surface area (Å²) in [5.41, 5.74) is 6.22. The monoisotopic (exact) mass is 362 g/mol. The molecule has 0 saturated carbocycles. The van der Waals surface area contributed by atoms with E-state index in [2.05, 4.69) is 49.5 Å². The Morgan fingerprint density at radius 3 is 2.59 bits per heavy atom. The molecule has 2 heterocycles. The van der Waals surface area contributed by atoms with Crippen LogP contribution in [0.25, 0.3) is 22.5 Å². The van der Waals surface area contributed by atoms with Gasteiger partial charge < -0.3 is 14.8 Å². The number of ether oxygens (including phenoxy) is 2. The zero-order valence-electron chi connectivity index (χ0n) is 16.1. The molecule has 0 aliphatic carbocycles. The zero-order valence-corrected chi connectivity index (χ0v) is 16.1. The number of methoxy groups -OCH3 is 1. The van der Waals surface area contributed by atoms with Gasteiger partial charge in [0, 0.05) is 22.4 Å². The van der Waals surface area contributed by atoms with Gasteiger partial charge in [0.2, 0.25) is 0 Å². The van der Waals surface area contributed by atoms with Crippen LogP contribution in [0, 0.1) is 4.91 Å². The maximum atomic E-state index is 11.3. The third kappa shape index (κ3) is 2.53. The van der Waals surface area contributed by atoms with Gasteiger partial charge in [-0.3, -0.25) is 0 Å². The van der Waals surface area contributed by atoms with Crippen molar-refractivity contribution in [2.75, 3.05) is 12.4 Å². The van der Waals surface area contributed by atoms with Crippen LogP contribution >= 0.6 is 0 Å². The smallest absolute Gasteiger partial charge is 0.159 e. The lowest BCUT2D eigenvalue weighted by atomic mass is 9.83. The number of hydrogen-bond acceptors (Lipinski definition) is 5. The molecular formula is C22H22N2O3. The van der Waals surface area contributed by atoms with Gasteiger partial charge in [-0.15, -0.1) is 4.91 Å². The van der Waals surface area contributed by atoms with Crippen LogP contribution in [0.3, 0.4) is 0 Å². The molecule has 0 spiro atoms. The van der Waals surface area contributed by atoms with Crippen molar-refractivity contribution in [2.24, 2.45) is 5.18 Å². The van der Waals surface area contributed by atoms with Gasteiger partial charge in [-0.2, -0.15) is 0 Å². The van der Waals surface area contributed by atoms with Crippen molar-refractivity contribution < 1.29 is 9.47 Å². The number of allylic oxidation sites excluding steroid dienone is 2. The molecule has 0 aromatic heterocycles. The Bertz CT molecular complexity index is 1030. The number of fused-ring (bicyclic) bond motifs is 5. The molecule has 0 radical (unpaired) electrons. The number of rotatable bonds is 2. The molecule has 0 unspecified atom stereocenters. The number of nitrogens with one attached hydrogen (secondary N) is 1. The molecule has 27 heavy (non-hydrogen) atoms. The van der Waals surface area contributed by atoms with E-state index in [1.165, 1.54) is 5.57 Å². The minimum Gasteiger partial charge on any atom is -0.494 e. The molecule has 2 aliphatic rings. The second-order valence-corrected chi connectivity index (χ2v) is 7.42. The molecule has 2 aliphatic heterocycles. The van der Waals surface area contributed by atoms with Gasteiger partial charge in [-0.05, 0) is 62.7 Å². The lowest BCUT2D eigenvalue weighted by Gasteiger charge is -2.35. The van der Waals surface area contributed by atoms with Crippen molar-refractivity contribution in [3.63, 3.8) is 0 Å². The van der Waals surface area contributed by atoms with E-state index in [1.807, 2.05) is 13.0 Å². The Morgan fingerprint density at radius 1 is 1.15 bits per heavy atom. The Hall–Kier alpha value is -3.08. The Kier molecular flexibility index (Phi) is 3.84. The third-order valence-corrected chi connectivity index (χ3v) is 5.03. The first-order valence-electron chi connectivity index (χ1n) is 8.94. The standard InChI is InChI=1S/C22H22N2O3/c1-6-16-19-13(7-8-14-18(19)12(2)11-22(3,4)23-14)20-17(27-16)10-9-15(24-25)21(20)26-5/h6-11,23H,1-5H3/b16-6-. The first-order chi connectivity index (χ1) is 12.9. The summed E-state index contributed by atoms with van der Waals surface area (Å²) in [6.45, 7) is 8.37. The largest absolute Gasteiger partial charge is 0.494 e. The molecule has 1 N–H and O–H groups in total. The Labute approximate surface area is 158 Å². The predicted molar refractivity (Wildman–Crippen MR) is 110 cm³/mol. The normalized spacial score (nSPS) is 17.7. The summed E-state index contributed by atoms with van der Waals surface area (Å²) in [4.78, 5) is 11.3. The topological polar surface area (TPSA) is 59.9 Å². The molecule has 0 saturated heterocycles. The van der Waals surface area contributed by atoms with Crippen molar-refractivity contribution in [3.8, 4) is 22.6 Å². The van der Waals surface area contributed by atoms with Gasteiger partial charge in [-0.25, -0.2) is 0 Å². The lowest BCUT2D eigenvalue weighted by Crippen LogP contribution is -2.32. The average Bonchev–Trinajstić information content (AvgIpc) is 2.64. The van der Waals surface area contributed by atoms with Crippen molar-refractivity contribution in [3.05, 3.63) is 52.5 Å². The van der Waals surface area contributed by atoms with E-state index in [0.29, 0.717) is 11.5 Å². The summed E-state index contributed by atoms with van der Waals surface area (Å²) in [7, 11) is 1.54. The van der Waals surface area contributed by atoms with Crippen LogP contribution in [0.2, 0.25) is 0 Å². The number of anilines is 1. The summed E-state index contributed by atoms with van der Waals surface area (Å²) < 4.78 is 11.7. The van der Waals surface area contributed by atoms with Crippen LogP contribution in [0.4, 0.5) is 11.4 Å². The van der Waals surface area contributed by atoms with Crippen LogP contribution in [-0.4, -0.2) is 12.6 Å². The van der Waals surface area contributed by atoms with Crippen LogP contribution < -0.4 is 14.8 Å². The highest BCUT2D eigenvalue weighted by Crippen LogP contribution is 2.53. The predicted octanol–water partition coefficient (Wildman–Crippen LogP) is 6.12. The average molecular weight is 362 g/mol. The van der Waals surface area contributed by atoms with Gasteiger partial charge in [0.25, 0.3) is 0 Å². The van der Waals surface area contributed by atoms with Crippen LogP contribution in [0.1, 0.15) is 38.8 Å². The van der Waals surface area contributed by atoms with E-state index in [4.69, 9.17) is 9.47 Å². The maximum absolute atomic E-state index is 11.3. The van der Waals surface area contributed by atoms with E-state index in [-0.39, 0.29) is 11.2 Å². The van der Waals surface area contributed by atoms with Crippen molar-refractivity contribution in [1.29, 1.82) is 0 Å². The lowest BCUT2D eigenvalue weighted by molar-refractivity contribution is 0.413. The molecule has 0 bridgehead atoms. The summed E-state index contributed by atoms with van der Waals surface area (Å²) in [5.74, 6) is 1.88. The summed E-state index contributed by atoms with van der Waals surface area (Å²) in [6, 6.07) is 7.52. The van der Waals surface area contributed by atoms with Crippen LogP contribution in [-0.2, 0) is 0 Å². The zero-order chi connectivity index (χ0) is 19.3. The summed E-state index contributed by atoms with van der Waals surface area (Å²) >= 11 is 0. The first-order valence-corrected chi connectivity index (χ1v) is 8.94. The van der Waals surface area contributed by atoms with Crippen LogP contribution in [0.5, 0.6) is 11.5 Å². The minimum atomic E-state index is -0.124. The Morgan fingerprint density at radius 2 is 1.93 bits per heavy atom. The number of nitrogens with zero attached hydrogens (tertiary/aromatic N) is 1. The minimum absolute atomic E-state index is 0.124. The first kappa shape index (κ1) is 17.3. The van der Waals surface area contributed by atoms with Gasteiger partial charge in [0.15, 0.2) is 11.4 Å². The fourth-order valence-electron chi connectivity index (χ4n) is 4.12. The molecule has 5 heteroatoms. The number of nitroso groups, excluding NO2 is 1. The van der Waals surface area contributed by atoms with Crippen molar-refractivity contribution in [1.82, 2.24) is 0 Å². The van der Waals surface area contributed by atoms with Crippen molar-refractivity contribution in [2.45, 2.75) is 33.2 Å². The van der Waals surface area contributed by atoms with Gasteiger partial charge in [0.05, 0.1) is 18.2 Å². The molecular weight excluding hydrogens is 340 g/mol. The van der Waals surface area contributed by atoms with E-state index >= 15 is 0 Å². The molecule has 0 atom stereocenters. The Balaban J connectivity index is 2.09. The summed E-state index contributed by atoms with van der Waals surface area (Å²) in [5, 5.41) is 6.69. The van der Waals surface area contributed by atoms with E-state index in [1.54, 1.807) is 19.2 Å². The highest BCUT2D eigenvalue weighted by Gasteiger charge is 2.33. The molecule has 0 amide bonds. The molecule has 2 aromatic rings. The van der Waals surface area contributed by atoms with E-state index < -0.39 is 0 Å². The quantitative estimate of drug-likeness (QED) is 0.654. The summed E-state index contributed by atoms with van der Waals surface area (Å²) in [6.07, 6.45) is 4.19. The van der Waals surface area contributed by atoms with Gasteiger partial charge in [-0.1, -0.05) is 12.1 Å². The fourth-order valence-corrected chi connectivity index (χ4v) is 4.12. The van der Waals surface area contributed by atoms with Gasteiger partial charge >= 0.3 is 0 Å². The fraction of sp³-hybridized carbons (Fsp3) is 0.273. The maximum Gasteiger partial charge on any atom is 0.159 e. The third-order valence-electron chi connectivity index (χ3n) is 5.03. The van der Waals surface area contributed by atoms with E-state index in [0.717, 1.165) is 33.7 Å². The molecule has 2 aromatic carbocycles. The second kappa shape index (κ2) is 5.98. The molecule has 5 nitrogen and oxygen atoms in total. The number of hydrogen-bond donors (Lipinski definition) is 1. The highest BCUT2D eigenvalue weighted by molar-refractivity contribution is 5.99. The number of benzene rings is 2.